The molecule has 0 saturated heterocycles. The summed E-state index contributed by atoms with van der Waals surface area (Å²) < 4.78 is 0. The zero-order chi connectivity index (χ0) is 13.5. The molecule has 98 valence electrons. The van der Waals surface area contributed by atoms with Crippen molar-refractivity contribution in [3.63, 3.8) is 0 Å². The Labute approximate surface area is 111 Å². The fourth-order valence-electron chi connectivity index (χ4n) is 1.82. The Morgan fingerprint density at radius 3 is 2.39 bits per heavy atom. The van der Waals surface area contributed by atoms with Crippen LogP contribution in [-0.4, -0.2) is 12.1 Å². The van der Waals surface area contributed by atoms with E-state index in [0.29, 0.717) is 12.1 Å². The highest BCUT2D eigenvalue weighted by Crippen LogP contribution is 2.28. The van der Waals surface area contributed by atoms with Crippen LogP contribution in [0, 0.1) is 0 Å². The number of rotatable bonds is 6. The zero-order valence-corrected chi connectivity index (χ0v) is 11.9. The summed E-state index contributed by atoms with van der Waals surface area (Å²) in [6, 6.07) is 9.20. The van der Waals surface area contributed by atoms with Crippen molar-refractivity contribution in [1.82, 2.24) is 0 Å². The normalized spacial score (nSPS) is 11.2. The highest BCUT2D eigenvalue weighted by atomic mass is 15.2. The quantitative estimate of drug-likeness (QED) is 0.745. The number of para-hydroxylation sites is 2. The molecule has 0 unspecified atom stereocenters. The van der Waals surface area contributed by atoms with Gasteiger partial charge in [-0.25, -0.2) is 0 Å². The van der Waals surface area contributed by atoms with Crippen LogP contribution < -0.4 is 10.2 Å². The molecule has 0 heterocycles. The smallest absolute Gasteiger partial charge is 0.0644 e. The summed E-state index contributed by atoms with van der Waals surface area (Å²) in [5.41, 5.74) is 2.36. The van der Waals surface area contributed by atoms with Crippen LogP contribution in [0.3, 0.4) is 0 Å². The first kappa shape index (κ1) is 14.4. The van der Waals surface area contributed by atoms with Gasteiger partial charge in [-0.15, -0.1) is 0 Å². The number of benzene rings is 1. The third kappa shape index (κ3) is 3.95. The number of anilines is 2. The minimum absolute atomic E-state index is 0.399. The van der Waals surface area contributed by atoms with Crippen molar-refractivity contribution >= 4 is 11.4 Å². The molecule has 0 aromatic heterocycles. The highest BCUT2D eigenvalue weighted by Gasteiger charge is 2.11. The average Bonchev–Trinajstić information content (AvgIpc) is 2.30. The topological polar surface area (TPSA) is 15.3 Å². The first-order chi connectivity index (χ1) is 8.56. The van der Waals surface area contributed by atoms with E-state index in [9.17, 15) is 0 Å². The van der Waals surface area contributed by atoms with Gasteiger partial charge in [0.1, 0.15) is 0 Å². The molecule has 0 atom stereocenters. The SMILES string of the molecule is C=C/C=C\N(c1ccccc1NC(C)C)C(C)C. The first-order valence-corrected chi connectivity index (χ1v) is 6.49. The summed E-state index contributed by atoms with van der Waals surface area (Å²) in [6.07, 6.45) is 5.83. The number of nitrogens with one attached hydrogen (secondary N) is 1. The number of hydrogen-bond acceptors (Lipinski definition) is 2. The van der Waals surface area contributed by atoms with E-state index in [2.05, 4.69) is 75.0 Å². The second-order valence-corrected chi connectivity index (χ2v) is 4.89. The maximum atomic E-state index is 3.73. The summed E-state index contributed by atoms with van der Waals surface area (Å²) in [7, 11) is 0. The van der Waals surface area contributed by atoms with Crippen LogP contribution in [0.2, 0.25) is 0 Å². The Morgan fingerprint density at radius 1 is 1.17 bits per heavy atom. The Morgan fingerprint density at radius 2 is 1.83 bits per heavy atom. The van der Waals surface area contributed by atoms with Crippen LogP contribution in [0.25, 0.3) is 0 Å². The van der Waals surface area contributed by atoms with Gasteiger partial charge in [-0.1, -0.05) is 24.8 Å². The lowest BCUT2D eigenvalue weighted by atomic mass is 10.2. The van der Waals surface area contributed by atoms with Crippen LogP contribution in [0.5, 0.6) is 0 Å². The molecule has 0 saturated carbocycles. The van der Waals surface area contributed by atoms with E-state index in [-0.39, 0.29) is 0 Å². The van der Waals surface area contributed by atoms with Gasteiger partial charge in [-0.2, -0.15) is 0 Å². The fraction of sp³-hybridized carbons (Fsp3) is 0.375. The molecule has 1 rings (SSSR count). The lowest BCUT2D eigenvalue weighted by Crippen LogP contribution is -2.26. The van der Waals surface area contributed by atoms with Crippen molar-refractivity contribution in [2.45, 2.75) is 39.8 Å². The van der Waals surface area contributed by atoms with Crippen LogP contribution in [0.4, 0.5) is 11.4 Å². The standard InChI is InChI=1S/C16H24N2/c1-6-7-12-18(14(4)5)16-11-9-8-10-15(16)17-13(2)3/h6-14,17H,1H2,2-5H3/b12-7-. The van der Waals surface area contributed by atoms with Crippen LogP contribution >= 0.6 is 0 Å². The van der Waals surface area contributed by atoms with Gasteiger partial charge in [0.05, 0.1) is 11.4 Å². The maximum Gasteiger partial charge on any atom is 0.0644 e. The fourth-order valence-corrected chi connectivity index (χ4v) is 1.82. The van der Waals surface area contributed by atoms with Gasteiger partial charge in [0, 0.05) is 18.3 Å². The number of allylic oxidation sites excluding steroid dienone is 2. The summed E-state index contributed by atoms with van der Waals surface area (Å²) in [5, 5.41) is 3.48. The minimum Gasteiger partial charge on any atom is -0.381 e. The Kier molecular flexibility index (Phi) is 5.50. The van der Waals surface area contributed by atoms with Gasteiger partial charge in [-0.3, -0.25) is 0 Å². The summed E-state index contributed by atoms with van der Waals surface area (Å²) in [5.74, 6) is 0. The molecule has 0 spiro atoms. The lowest BCUT2D eigenvalue weighted by molar-refractivity contribution is 0.781. The van der Waals surface area contributed by atoms with Crippen LogP contribution in [-0.2, 0) is 0 Å². The van der Waals surface area contributed by atoms with Crippen molar-refractivity contribution in [1.29, 1.82) is 0 Å². The van der Waals surface area contributed by atoms with Gasteiger partial charge in [-0.05, 0) is 45.9 Å². The number of hydrogen-bond donors (Lipinski definition) is 1. The molecule has 0 radical (unpaired) electrons. The predicted octanol–water partition coefficient (Wildman–Crippen LogP) is 4.42. The molecular weight excluding hydrogens is 220 g/mol. The molecule has 2 nitrogen and oxygen atoms in total. The molecule has 0 bridgehead atoms. The van der Waals surface area contributed by atoms with E-state index in [0.717, 1.165) is 5.69 Å². The van der Waals surface area contributed by atoms with Gasteiger partial charge in [0.25, 0.3) is 0 Å². The van der Waals surface area contributed by atoms with Crippen molar-refractivity contribution in [2.75, 3.05) is 10.2 Å². The van der Waals surface area contributed by atoms with Crippen molar-refractivity contribution < 1.29 is 0 Å². The molecule has 1 N–H and O–H groups in total. The minimum atomic E-state index is 0.399. The Hall–Kier alpha value is -1.70. The zero-order valence-electron chi connectivity index (χ0n) is 11.9. The summed E-state index contributed by atoms with van der Waals surface area (Å²) >= 11 is 0. The molecule has 0 amide bonds. The predicted molar refractivity (Wildman–Crippen MR) is 82.2 cm³/mol. The van der Waals surface area contributed by atoms with Crippen molar-refractivity contribution in [3.8, 4) is 0 Å². The molecule has 18 heavy (non-hydrogen) atoms. The highest BCUT2D eigenvalue weighted by molar-refractivity contribution is 5.71. The van der Waals surface area contributed by atoms with Gasteiger partial charge in [0.2, 0.25) is 0 Å². The summed E-state index contributed by atoms with van der Waals surface area (Å²) in [4.78, 5) is 2.24. The Balaban J connectivity index is 3.10. The van der Waals surface area contributed by atoms with E-state index in [1.54, 1.807) is 6.08 Å². The number of nitrogens with zero attached hydrogens (tertiary/aromatic N) is 1. The molecule has 2 heteroatoms. The maximum absolute atomic E-state index is 3.73. The van der Waals surface area contributed by atoms with Gasteiger partial charge >= 0.3 is 0 Å². The molecule has 1 aromatic carbocycles. The Bertz CT molecular complexity index is 405. The van der Waals surface area contributed by atoms with E-state index >= 15 is 0 Å². The lowest BCUT2D eigenvalue weighted by Gasteiger charge is -2.28. The molecule has 0 aliphatic heterocycles. The molecular formula is C16H24N2. The summed E-state index contributed by atoms with van der Waals surface area (Å²) in [6.45, 7) is 12.4. The van der Waals surface area contributed by atoms with E-state index in [4.69, 9.17) is 0 Å². The van der Waals surface area contributed by atoms with Crippen molar-refractivity contribution in [2.24, 2.45) is 0 Å². The van der Waals surface area contributed by atoms with Crippen LogP contribution in [0.15, 0.2) is 49.2 Å². The molecule has 0 aliphatic rings. The van der Waals surface area contributed by atoms with Crippen LogP contribution in [0.1, 0.15) is 27.7 Å². The second kappa shape index (κ2) is 6.90. The van der Waals surface area contributed by atoms with E-state index in [1.807, 2.05) is 6.08 Å². The first-order valence-electron chi connectivity index (χ1n) is 6.49. The third-order valence-corrected chi connectivity index (χ3v) is 2.57. The van der Waals surface area contributed by atoms with E-state index in [1.165, 1.54) is 5.69 Å². The molecule has 0 fully saturated rings. The molecule has 1 aromatic rings. The molecule has 0 aliphatic carbocycles. The van der Waals surface area contributed by atoms with Gasteiger partial charge in [0.15, 0.2) is 0 Å². The van der Waals surface area contributed by atoms with Crippen molar-refractivity contribution in [3.05, 3.63) is 49.2 Å². The largest absolute Gasteiger partial charge is 0.381 e. The van der Waals surface area contributed by atoms with Gasteiger partial charge < -0.3 is 10.2 Å². The average molecular weight is 244 g/mol. The van der Waals surface area contributed by atoms with E-state index < -0.39 is 0 Å². The third-order valence-electron chi connectivity index (χ3n) is 2.57. The second-order valence-electron chi connectivity index (χ2n) is 4.89. The monoisotopic (exact) mass is 244 g/mol.